The van der Waals surface area contributed by atoms with Crippen LogP contribution in [-0.2, 0) is 4.79 Å². The zero-order valence-electron chi connectivity index (χ0n) is 17.5. The predicted molar refractivity (Wildman–Crippen MR) is 126 cm³/mol. The van der Waals surface area contributed by atoms with E-state index in [4.69, 9.17) is 9.47 Å². The molecule has 1 heterocycles. The van der Waals surface area contributed by atoms with E-state index < -0.39 is 0 Å². The number of para-hydroxylation sites is 1. The average molecular weight is 448 g/mol. The summed E-state index contributed by atoms with van der Waals surface area (Å²) < 4.78 is 11.5. The summed E-state index contributed by atoms with van der Waals surface area (Å²) in [6.45, 7) is -0.168. The molecule has 3 aromatic carbocycles. The number of amides is 2. The Balaban J connectivity index is 1.39. The summed E-state index contributed by atoms with van der Waals surface area (Å²) in [6.07, 6.45) is 0. The minimum atomic E-state index is -0.385. The first kappa shape index (κ1) is 21.3. The lowest BCUT2D eigenvalue weighted by molar-refractivity contribution is -0.115. The minimum Gasteiger partial charge on any atom is -0.493 e. The SMILES string of the molecule is COc1ccc(C(=O)NCC(=O)Nc2cccc(-c3nc4ccccc4s3)c2)cc1OC. The van der Waals surface area contributed by atoms with Gasteiger partial charge >= 0.3 is 0 Å². The highest BCUT2D eigenvalue weighted by Crippen LogP contribution is 2.31. The third kappa shape index (κ3) is 4.70. The zero-order valence-corrected chi connectivity index (χ0v) is 18.4. The van der Waals surface area contributed by atoms with Crippen LogP contribution in [0, 0.1) is 0 Å². The number of methoxy groups -OCH3 is 2. The van der Waals surface area contributed by atoms with Gasteiger partial charge < -0.3 is 20.1 Å². The molecule has 7 nitrogen and oxygen atoms in total. The molecule has 0 bridgehead atoms. The van der Waals surface area contributed by atoms with Crippen molar-refractivity contribution >= 4 is 39.1 Å². The van der Waals surface area contributed by atoms with Crippen LogP contribution in [0.5, 0.6) is 11.5 Å². The first-order valence-electron chi connectivity index (χ1n) is 9.83. The highest BCUT2D eigenvalue weighted by molar-refractivity contribution is 7.21. The zero-order chi connectivity index (χ0) is 22.5. The van der Waals surface area contributed by atoms with E-state index in [9.17, 15) is 9.59 Å². The van der Waals surface area contributed by atoms with Gasteiger partial charge in [0.15, 0.2) is 11.5 Å². The molecule has 4 aromatic rings. The molecule has 0 saturated carbocycles. The number of aromatic nitrogens is 1. The van der Waals surface area contributed by atoms with Crippen LogP contribution in [0.15, 0.2) is 66.7 Å². The fourth-order valence-corrected chi connectivity index (χ4v) is 4.13. The van der Waals surface area contributed by atoms with Gasteiger partial charge in [-0.15, -0.1) is 11.3 Å². The lowest BCUT2D eigenvalue weighted by Gasteiger charge is -2.10. The molecule has 2 amide bonds. The molecule has 32 heavy (non-hydrogen) atoms. The van der Waals surface area contributed by atoms with Crippen LogP contribution in [0.4, 0.5) is 5.69 Å². The van der Waals surface area contributed by atoms with Gasteiger partial charge in [0.25, 0.3) is 5.91 Å². The second kappa shape index (κ2) is 9.49. The highest BCUT2D eigenvalue weighted by atomic mass is 32.1. The van der Waals surface area contributed by atoms with Gasteiger partial charge in [0.05, 0.1) is 31.0 Å². The van der Waals surface area contributed by atoms with E-state index in [2.05, 4.69) is 15.6 Å². The van der Waals surface area contributed by atoms with Crippen LogP contribution < -0.4 is 20.1 Å². The van der Waals surface area contributed by atoms with Crippen LogP contribution in [0.2, 0.25) is 0 Å². The Morgan fingerprint density at radius 1 is 0.938 bits per heavy atom. The molecule has 0 aliphatic heterocycles. The van der Waals surface area contributed by atoms with Crippen molar-refractivity contribution in [2.75, 3.05) is 26.1 Å². The average Bonchev–Trinajstić information content (AvgIpc) is 3.26. The molecule has 162 valence electrons. The van der Waals surface area contributed by atoms with Crippen LogP contribution in [0.25, 0.3) is 20.8 Å². The maximum atomic E-state index is 12.4. The van der Waals surface area contributed by atoms with E-state index in [1.807, 2.05) is 42.5 Å². The number of fused-ring (bicyclic) bond motifs is 1. The summed E-state index contributed by atoms with van der Waals surface area (Å²) in [6, 6.07) is 20.2. The smallest absolute Gasteiger partial charge is 0.251 e. The third-order valence-corrected chi connectivity index (χ3v) is 5.83. The Morgan fingerprint density at radius 3 is 2.53 bits per heavy atom. The summed E-state index contributed by atoms with van der Waals surface area (Å²) in [4.78, 5) is 29.4. The molecule has 1 aromatic heterocycles. The summed E-state index contributed by atoms with van der Waals surface area (Å²) in [5.41, 5.74) is 2.86. The fraction of sp³-hybridized carbons (Fsp3) is 0.125. The summed E-state index contributed by atoms with van der Waals surface area (Å²) >= 11 is 1.60. The quantitative estimate of drug-likeness (QED) is 0.440. The molecule has 2 N–H and O–H groups in total. The number of carbonyl (C=O) groups excluding carboxylic acids is 2. The largest absolute Gasteiger partial charge is 0.493 e. The molecule has 0 aliphatic carbocycles. The predicted octanol–water partition coefficient (Wildman–Crippen LogP) is 4.35. The topological polar surface area (TPSA) is 89.5 Å². The number of thiazole rings is 1. The van der Waals surface area contributed by atoms with E-state index >= 15 is 0 Å². The normalized spacial score (nSPS) is 10.6. The summed E-state index contributed by atoms with van der Waals surface area (Å²) in [7, 11) is 3.02. The van der Waals surface area contributed by atoms with Crippen LogP contribution in [0.1, 0.15) is 10.4 Å². The Bertz CT molecular complexity index is 1250. The number of nitrogens with zero attached hydrogens (tertiary/aromatic N) is 1. The molecular formula is C24H21N3O4S. The molecule has 0 spiro atoms. The minimum absolute atomic E-state index is 0.168. The Labute approximate surface area is 189 Å². The second-order valence-electron chi connectivity index (χ2n) is 6.87. The summed E-state index contributed by atoms with van der Waals surface area (Å²) in [5, 5.41) is 6.30. The van der Waals surface area contributed by atoms with Gasteiger partial charge in [-0.2, -0.15) is 0 Å². The van der Waals surface area contributed by atoms with E-state index in [-0.39, 0.29) is 18.4 Å². The number of anilines is 1. The standard InChI is InChI=1S/C24H21N3O4S/c1-30-19-11-10-15(13-20(19)31-2)23(29)25-14-22(28)26-17-7-5-6-16(12-17)24-27-18-8-3-4-9-21(18)32-24/h3-13H,14H2,1-2H3,(H,25,29)(H,26,28). The Morgan fingerprint density at radius 2 is 1.75 bits per heavy atom. The number of hydrogen-bond donors (Lipinski definition) is 2. The van der Waals surface area contributed by atoms with Crippen molar-refractivity contribution < 1.29 is 19.1 Å². The highest BCUT2D eigenvalue weighted by Gasteiger charge is 2.13. The van der Waals surface area contributed by atoms with Crippen molar-refractivity contribution in [3.63, 3.8) is 0 Å². The number of carbonyl (C=O) groups is 2. The van der Waals surface area contributed by atoms with Gasteiger partial charge in [-0.05, 0) is 42.5 Å². The van der Waals surface area contributed by atoms with Gasteiger partial charge in [0.2, 0.25) is 5.91 Å². The number of nitrogens with one attached hydrogen (secondary N) is 2. The number of hydrogen-bond acceptors (Lipinski definition) is 6. The van der Waals surface area contributed by atoms with Crippen LogP contribution in [0.3, 0.4) is 0 Å². The second-order valence-corrected chi connectivity index (χ2v) is 7.90. The van der Waals surface area contributed by atoms with Crippen molar-refractivity contribution in [2.45, 2.75) is 0 Å². The maximum Gasteiger partial charge on any atom is 0.251 e. The number of benzene rings is 3. The molecule has 0 atom stereocenters. The fourth-order valence-electron chi connectivity index (χ4n) is 3.17. The molecule has 0 fully saturated rings. The maximum absolute atomic E-state index is 12.4. The number of ether oxygens (including phenoxy) is 2. The first-order chi connectivity index (χ1) is 15.6. The van der Waals surface area contributed by atoms with Crippen molar-refractivity contribution in [3.05, 3.63) is 72.3 Å². The first-order valence-corrected chi connectivity index (χ1v) is 10.6. The van der Waals surface area contributed by atoms with Crippen LogP contribution in [-0.4, -0.2) is 37.6 Å². The van der Waals surface area contributed by atoms with Crippen molar-refractivity contribution in [1.29, 1.82) is 0 Å². The van der Waals surface area contributed by atoms with Crippen molar-refractivity contribution in [1.82, 2.24) is 10.3 Å². The van der Waals surface area contributed by atoms with E-state index in [1.165, 1.54) is 14.2 Å². The van der Waals surface area contributed by atoms with Gasteiger partial charge in [0.1, 0.15) is 5.01 Å². The lowest BCUT2D eigenvalue weighted by atomic mass is 10.2. The van der Waals surface area contributed by atoms with E-state index in [0.717, 1.165) is 20.8 Å². The van der Waals surface area contributed by atoms with Gasteiger partial charge in [-0.25, -0.2) is 4.98 Å². The molecule has 0 aliphatic rings. The van der Waals surface area contributed by atoms with Gasteiger partial charge in [-0.3, -0.25) is 9.59 Å². The van der Waals surface area contributed by atoms with Gasteiger partial charge in [-0.1, -0.05) is 24.3 Å². The van der Waals surface area contributed by atoms with Gasteiger partial charge in [0, 0.05) is 16.8 Å². The van der Waals surface area contributed by atoms with E-state index in [1.54, 1.807) is 35.6 Å². The Kier molecular flexibility index (Phi) is 6.32. The Hall–Kier alpha value is -3.91. The number of rotatable bonds is 7. The molecule has 8 heteroatoms. The van der Waals surface area contributed by atoms with Crippen LogP contribution >= 0.6 is 11.3 Å². The monoisotopic (exact) mass is 447 g/mol. The molecule has 0 saturated heterocycles. The molecule has 0 unspecified atom stereocenters. The lowest BCUT2D eigenvalue weighted by Crippen LogP contribution is -2.32. The molecule has 0 radical (unpaired) electrons. The van der Waals surface area contributed by atoms with Crippen molar-refractivity contribution in [3.8, 4) is 22.1 Å². The molecule has 4 rings (SSSR count). The van der Waals surface area contributed by atoms with Crippen molar-refractivity contribution in [2.24, 2.45) is 0 Å². The third-order valence-electron chi connectivity index (χ3n) is 4.74. The van der Waals surface area contributed by atoms with E-state index in [0.29, 0.717) is 22.7 Å². The summed E-state index contributed by atoms with van der Waals surface area (Å²) in [5.74, 6) is 0.246. The molecular weight excluding hydrogens is 426 g/mol.